The van der Waals surface area contributed by atoms with Gasteiger partial charge in [0.15, 0.2) is 6.10 Å². The van der Waals surface area contributed by atoms with Crippen molar-refractivity contribution < 1.29 is 28.6 Å². The number of unbranched alkanes of at least 4 members (excludes halogenated alkanes) is 49. The zero-order chi connectivity index (χ0) is 52.9. The van der Waals surface area contributed by atoms with Crippen LogP contribution in [-0.4, -0.2) is 37.2 Å². The Morgan fingerprint density at radius 3 is 0.685 bits per heavy atom. The highest BCUT2D eigenvalue weighted by Crippen LogP contribution is 2.18. The fraction of sp³-hybridized carbons (Fsp3) is 0.925. The van der Waals surface area contributed by atoms with Crippen molar-refractivity contribution in [3.05, 3.63) is 12.2 Å². The Labute approximate surface area is 456 Å². The Bertz CT molecular complexity index is 1130. The maximum absolute atomic E-state index is 12.9. The number of ether oxygens (including phenoxy) is 3. The summed E-state index contributed by atoms with van der Waals surface area (Å²) < 4.78 is 17.0. The van der Waals surface area contributed by atoms with Crippen LogP contribution in [0.15, 0.2) is 12.2 Å². The van der Waals surface area contributed by atoms with Gasteiger partial charge < -0.3 is 14.2 Å². The van der Waals surface area contributed by atoms with Crippen LogP contribution in [0.4, 0.5) is 0 Å². The van der Waals surface area contributed by atoms with Gasteiger partial charge in [-0.2, -0.15) is 0 Å². The molecule has 0 bridgehead atoms. The van der Waals surface area contributed by atoms with Crippen molar-refractivity contribution in [2.24, 2.45) is 0 Å². The summed E-state index contributed by atoms with van der Waals surface area (Å²) in [6.45, 7) is 6.71. The Kier molecular flexibility index (Phi) is 61.1. The molecule has 0 radical (unpaired) electrons. The highest BCUT2D eigenvalue weighted by atomic mass is 16.6. The third kappa shape index (κ3) is 60.9. The topological polar surface area (TPSA) is 78.9 Å². The molecule has 1 atom stereocenters. The molecule has 1 unspecified atom stereocenters. The van der Waals surface area contributed by atoms with Crippen LogP contribution in [0.3, 0.4) is 0 Å². The van der Waals surface area contributed by atoms with Gasteiger partial charge in [-0.15, -0.1) is 0 Å². The molecular weight excluding hydrogens is 901 g/mol. The summed E-state index contributed by atoms with van der Waals surface area (Å²) in [5, 5.41) is 0. The van der Waals surface area contributed by atoms with Gasteiger partial charge >= 0.3 is 17.9 Å². The lowest BCUT2D eigenvalue weighted by Crippen LogP contribution is -2.30. The summed E-state index contributed by atoms with van der Waals surface area (Å²) in [5.41, 5.74) is 0. The molecule has 6 nitrogen and oxygen atoms in total. The van der Waals surface area contributed by atoms with Crippen LogP contribution in [0.1, 0.15) is 380 Å². The second-order valence-electron chi connectivity index (χ2n) is 22.7. The summed E-state index contributed by atoms with van der Waals surface area (Å²) in [7, 11) is 0. The Morgan fingerprint density at radius 1 is 0.260 bits per heavy atom. The first-order valence-electron chi connectivity index (χ1n) is 33.2. The molecule has 0 rings (SSSR count). The minimum absolute atomic E-state index is 0.0641. The predicted molar refractivity (Wildman–Crippen MR) is 317 cm³/mol. The molecule has 432 valence electrons. The minimum Gasteiger partial charge on any atom is -0.462 e. The first-order valence-corrected chi connectivity index (χ1v) is 33.2. The molecule has 0 saturated heterocycles. The van der Waals surface area contributed by atoms with Gasteiger partial charge in [0, 0.05) is 19.3 Å². The van der Waals surface area contributed by atoms with E-state index in [1.807, 2.05) is 0 Å². The van der Waals surface area contributed by atoms with E-state index in [1.54, 1.807) is 0 Å². The molecule has 0 aliphatic rings. The van der Waals surface area contributed by atoms with Crippen LogP contribution < -0.4 is 0 Å². The molecule has 0 saturated carbocycles. The fourth-order valence-electron chi connectivity index (χ4n) is 10.3. The molecule has 0 heterocycles. The third-order valence-corrected chi connectivity index (χ3v) is 15.3. The average Bonchev–Trinajstić information content (AvgIpc) is 3.39. The lowest BCUT2D eigenvalue weighted by Gasteiger charge is -2.18. The molecule has 0 spiro atoms. The molecule has 0 aliphatic carbocycles. The highest BCUT2D eigenvalue weighted by molar-refractivity contribution is 5.71. The smallest absolute Gasteiger partial charge is 0.306 e. The van der Waals surface area contributed by atoms with E-state index in [9.17, 15) is 14.4 Å². The zero-order valence-electron chi connectivity index (χ0n) is 49.7. The highest BCUT2D eigenvalue weighted by Gasteiger charge is 2.19. The lowest BCUT2D eigenvalue weighted by molar-refractivity contribution is -0.167. The summed E-state index contributed by atoms with van der Waals surface area (Å²) in [5.74, 6) is -0.835. The summed E-state index contributed by atoms with van der Waals surface area (Å²) in [6, 6.07) is 0. The largest absolute Gasteiger partial charge is 0.462 e. The van der Waals surface area contributed by atoms with Crippen molar-refractivity contribution in [3.63, 3.8) is 0 Å². The van der Waals surface area contributed by atoms with E-state index in [0.717, 1.165) is 57.8 Å². The van der Waals surface area contributed by atoms with Crippen LogP contribution >= 0.6 is 0 Å². The Balaban J connectivity index is 4.23. The Hall–Kier alpha value is -1.85. The van der Waals surface area contributed by atoms with Crippen molar-refractivity contribution in [1.29, 1.82) is 0 Å². The van der Waals surface area contributed by atoms with Crippen molar-refractivity contribution >= 4 is 17.9 Å². The van der Waals surface area contributed by atoms with E-state index < -0.39 is 6.10 Å². The maximum Gasteiger partial charge on any atom is 0.306 e. The molecule has 0 aromatic rings. The van der Waals surface area contributed by atoms with Crippen LogP contribution in [-0.2, 0) is 28.6 Å². The molecule has 0 aromatic heterocycles. The first kappa shape index (κ1) is 71.2. The Morgan fingerprint density at radius 2 is 0.452 bits per heavy atom. The molecule has 0 aromatic carbocycles. The molecule has 0 aliphatic heterocycles. The lowest BCUT2D eigenvalue weighted by atomic mass is 10.0. The van der Waals surface area contributed by atoms with Gasteiger partial charge in [-0.1, -0.05) is 328 Å². The second-order valence-corrected chi connectivity index (χ2v) is 22.7. The van der Waals surface area contributed by atoms with Gasteiger partial charge in [0.25, 0.3) is 0 Å². The van der Waals surface area contributed by atoms with Crippen LogP contribution in [0, 0.1) is 0 Å². The number of carbonyl (C=O) groups excluding carboxylic acids is 3. The van der Waals surface area contributed by atoms with E-state index in [0.29, 0.717) is 19.3 Å². The van der Waals surface area contributed by atoms with Crippen LogP contribution in [0.5, 0.6) is 0 Å². The molecule has 73 heavy (non-hydrogen) atoms. The van der Waals surface area contributed by atoms with Gasteiger partial charge in [0.2, 0.25) is 0 Å². The number of hydrogen-bond donors (Lipinski definition) is 0. The van der Waals surface area contributed by atoms with E-state index in [2.05, 4.69) is 32.9 Å². The average molecular weight is 1030 g/mol. The predicted octanol–water partition coefficient (Wildman–Crippen LogP) is 22.4. The standard InChI is InChI=1S/C67H128O6/c1-4-7-10-13-16-19-22-25-27-29-31-33-35-36-38-40-42-45-48-51-54-57-60-66(69)72-63-64(62-71-65(68)59-56-53-50-47-44-24-21-18-15-12-9-6-3)73-67(70)61-58-55-52-49-46-43-41-39-37-34-32-30-28-26-23-20-17-14-11-8-5-2/h30,32,64H,4-29,31,33-63H2,1-3H3/b32-30-. The monoisotopic (exact) mass is 1030 g/mol. The van der Waals surface area contributed by atoms with Gasteiger partial charge in [-0.05, 0) is 44.9 Å². The van der Waals surface area contributed by atoms with Crippen molar-refractivity contribution in [2.75, 3.05) is 13.2 Å². The number of rotatable bonds is 62. The summed E-state index contributed by atoms with van der Waals surface area (Å²) >= 11 is 0. The maximum atomic E-state index is 12.9. The van der Waals surface area contributed by atoms with E-state index in [1.165, 1.54) is 283 Å². The van der Waals surface area contributed by atoms with Crippen molar-refractivity contribution in [3.8, 4) is 0 Å². The normalized spacial score (nSPS) is 12.0. The molecule has 6 heteroatoms. The zero-order valence-corrected chi connectivity index (χ0v) is 49.7. The van der Waals surface area contributed by atoms with Crippen LogP contribution in [0.2, 0.25) is 0 Å². The number of hydrogen-bond acceptors (Lipinski definition) is 6. The quantitative estimate of drug-likeness (QED) is 0.0261. The number of esters is 3. The van der Waals surface area contributed by atoms with E-state index in [4.69, 9.17) is 14.2 Å². The van der Waals surface area contributed by atoms with Crippen molar-refractivity contribution in [1.82, 2.24) is 0 Å². The van der Waals surface area contributed by atoms with Gasteiger partial charge in [-0.3, -0.25) is 14.4 Å². The van der Waals surface area contributed by atoms with Gasteiger partial charge in [-0.25, -0.2) is 0 Å². The summed E-state index contributed by atoms with van der Waals surface area (Å²) in [6.07, 6.45) is 73.7. The van der Waals surface area contributed by atoms with E-state index >= 15 is 0 Å². The number of allylic oxidation sites excluding steroid dienone is 2. The van der Waals surface area contributed by atoms with E-state index in [-0.39, 0.29) is 31.1 Å². The number of carbonyl (C=O) groups is 3. The molecular formula is C67H128O6. The fourth-order valence-corrected chi connectivity index (χ4v) is 10.3. The minimum atomic E-state index is -0.766. The van der Waals surface area contributed by atoms with Crippen molar-refractivity contribution in [2.45, 2.75) is 386 Å². The molecule has 0 N–H and O–H groups in total. The molecule has 0 amide bonds. The van der Waals surface area contributed by atoms with Crippen LogP contribution in [0.25, 0.3) is 0 Å². The second kappa shape index (κ2) is 62.7. The molecule has 0 fully saturated rings. The SMILES string of the molecule is CCCCCCCCCC/C=C\CCCCCCCCCCCC(=O)OC(COC(=O)CCCCCCCCCCCCCC)COC(=O)CCCCCCCCCCCCCCCCCCCCCCCC. The van der Waals surface area contributed by atoms with Gasteiger partial charge in [0.1, 0.15) is 13.2 Å². The van der Waals surface area contributed by atoms with Gasteiger partial charge in [0.05, 0.1) is 0 Å². The first-order chi connectivity index (χ1) is 36.0. The summed E-state index contributed by atoms with van der Waals surface area (Å²) in [4.78, 5) is 38.3. The third-order valence-electron chi connectivity index (χ3n) is 15.3.